The van der Waals surface area contributed by atoms with Crippen molar-refractivity contribution in [1.82, 2.24) is 0 Å². The summed E-state index contributed by atoms with van der Waals surface area (Å²) in [5.74, 6) is 0.0792. The Balaban J connectivity index is 5.25. The van der Waals surface area contributed by atoms with Crippen LogP contribution in [-0.2, 0) is 4.79 Å². The molecule has 0 fully saturated rings. The summed E-state index contributed by atoms with van der Waals surface area (Å²) in [7, 11) is 0. The number of carbonyl (C=O) groups is 1. The van der Waals surface area contributed by atoms with Crippen molar-refractivity contribution < 1.29 is 4.79 Å². The molecule has 0 saturated carbocycles. The molecule has 0 spiro atoms. The highest BCUT2D eigenvalue weighted by molar-refractivity contribution is 9.11. The van der Waals surface area contributed by atoms with Crippen LogP contribution in [0.1, 0.15) is 27.2 Å². The zero-order valence-corrected chi connectivity index (χ0v) is 9.94. The molecule has 0 heterocycles. The fraction of sp³-hybridized carbons (Fsp3) is 0.364. The lowest BCUT2D eigenvalue weighted by Crippen LogP contribution is -1.98. The Kier molecular flexibility index (Phi) is 5.63. The van der Waals surface area contributed by atoms with Crippen LogP contribution in [0.25, 0.3) is 0 Å². The van der Waals surface area contributed by atoms with Crippen molar-refractivity contribution in [2.24, 2.45) is 0 Å². The Labute approximate surface area is 88.3 Å². The highest BCUT2D eigenvalue weighted by Crippen LogP contribution is 2.23. The first kappa shape index (κ1) is 12.4. The molecule has 0 aliphatic heterocycles. The molecule has 13 heavy (non-hydrogen) atoms. The molecule has 0 radical (unpaired) electrons. The predicted molar refractivity (Wildman–Crippen MR) is 60.9 cm³/mol. The molecule has 72 valence electrons. The smallest absolute Gasteiger partial charge is 0.160 e. The summed E-state index contributed by atoms with van der Waals surface area (Å²) >= 11 is 3.30. The van der Waals surface area contributed by atoms with E-state index in [1.807, 2.05) is 26.0 Å². The second-order valence-corrected chi connectivity index (χ2v) is 3.66. The number of carbonyl (C=O) groups excluding carboxylic acids is 1. The molecule has 0 aromatic carbocycles. The molecule has 0 atom stereocenters. The Morgan fingerprint density at radius 3 is 2.31 bits per heavy atom. The molecule has 0 aliphatic carbocycles. The van der Waals surface area contributed by atoms with Crippen LogP contribution in [0.4, 0.5) is 0 Å². The second kappa shape index (κ2) is 5.92. The largest absolute Gasteiger partial charge is 0.295 e. The van der Waals surface area contributed by atoms with Gasteiger partial charge >= 0.3 is 0 Å². The third-order valence-corrected chi connectivity index (χ3v) is 2.20. The maximum absolute atomic E-state index is 11.3. The summed E-state index contributed by atoms with van der Waals surface area (Å²) in [5.41, 5.74) is 1.72. The molecule has 0 unspecified atom stereocenters. The van der Waals surface area contributed by atoms with Gasteiger partial charge in [0.15, 0.2) is 5.78 Å². The number of halogens is 1. The van der Waals surface area contributed by atoms with Crippen LogP contribution < -0.4 is 0 Å². The summed E-state index contributed by atoms with van der Waals surface area (Å²) < 4.78 is 0.790. The Hall–Kier alpha value is -0.630. The quantitative estimate of drug-likeness (QED) is 0.542. The molecule has 0 aromatic rings. The van der Waals surface area contributed by atoms with Crippen LogP contribution in [0, 0.1) is 0 Å². The molecule has 2 heteroatoms. The van der Waals surface area contributed by atoms with Crippen LogP contribution >= 0.6 is 15.9 Å². The molecular formula is C11H15BrO. The molecular weight excluding hydrogens is 228 g/mol. The third-order valence-electron chi connectivity index (χ3n) is 1.72. The van der Waals surface area contributed by atoms with Crippen molar-refractivity contribution in [3.63, 3.8) is 0 Å². The van der Waals surface area contributed by atoms with Gasteiger partial charge in [0.05, 0.1) is 0 Å². The fourth-order valence-corrected chi connectivity index (χ4v) is 1.62. The van der Waals surface area contributed by atoms with E-state index in [0.717, 1.165) is 22.0 Å². The lowest BCUT2D eigenvalue weighted by atomic mass is 10.0. The molecule has 0 bridgehead atoms. The van der Waals surface area contributed by atoms with E-state index in [2.05, 4.69) is 22.5 Å². The van der Waals surface area contributed by atoms with Gasteiger partial charge in [-0.1, -0.05) is 41.6 Å². The average Bonchev–Trinajstić information content (AvgIpc) is 2.03. The van der Waals surface area contributed by atoms with E-state index in [-0.39, 0.29) is 5.78 Å². The molecule has 0 rings (SSSR count). The Morgan fingerprint density at radius 1 is 1.54 bits per heavy atom. The number of allylic oxidation sites excluding steroid dienone is 5. The zero-order chi connectivity index (χ0) is 10.4. The van der Waals surface area contributed by atoms with Crippen LogP contribution in [0.5, 0.6) is 0 Å². The molecule has 0 aliphatic rings. The topological polar surface area (TPSA) is 17.1 Å². The average molecular weight is 243 g/mol. The van der Waals surface area contributed by atoms with Gasteiger partial charge in [0.1, 0.15) is 0 Å². The molecule has 0 amide bonds. The molecule has 1 nitrogen and oxygen atoms in total. The van der Waals surface area contributed by atoms with Crippen LogP contribution in [0.15, 0.2) is 34.4 Å². The van der Waals surface area contributed by atoms with Crippen molar-refractivity contribution in [3.8, 4) is 0 Å². The normalized spacial score (nSPS) is 12.9. The number of Topliss-reactive ketones (excluding diaryl/α,β-unsaturated/α-hetero) is 1. The van der Waals surface area contributed by atoms with Gasteiger partial charge in [-0.25, -0.2) is 0 Å². The highest BCUT2D eigenvalue weighted by atomic mass is 79.9. The van der Waals surface area contributed by atoms with Crippen LogP contribution in [0.2, 0.25) is 0 Å². The summed E-state index contributed by atoms with van der Waals surface area (Å²) in [6, 6.07) is 0. The van der Waals surface area contributed by atoms with Gasteiger partial charge in [-0.3, -0.25) is 4.79 Å². The fourth-order valence-electron chi connectivity index (χ4n) is 1.13. The monoisotopic (exact) mass is 242 g/mol. The molecule has 0 N–H and O–H groups in total. The summed E-state index contributed by atoms with van der Waals surface area (Å²) in [4.78, 5) is 11.3. The lowest BCUT2D eigenvalue weighted by Gasteiger charge is -2.06. The van der Waals surface area contributed by atoms with E-state index in [9.17, 15) is 4.79 Å². The number of ketones is 1. The summed E-state index contributed by atoms with van der Waals surface area (Å²) in [5, 5.41) is 0. The molecule has 0 saturated heterocycles. The van der Waals surface area contributed by atoms with Gasteiger partial charge < -0.3 is 0 Å². The van der Waals surface area contributed by atoms with Crippen molar-refractivity contribution >= 4 is 21.7 Å². The van der Waals surface area contributed by atoms with Crippen molar-refractivity contribution in [2.75, 3.05) is 0 Å². The van der Waals surface area contributed by atoms with E-state index in [1.54, 1.807) is 6.92 Å². The van der Waals surface area contributed by atoms with Crippen molar-refractivity contribution in [2.45, 2.75) is 27.2 Å². The minimum atomic E-state index is 0.0792. The van der Waals surface area contributed by atoms with Gasteiger partial charge in [0.2, 0.25) is 0 Å². The third kappa shape index (κ3) is 3.73. The highest BCUT2D eigenvalue weighted by Gasteiger charge is 2.08. The van der Waals surface area contributed by atoms with E-state index >= 15 is 0 Å². The lowest BCUT2D eigenvalue weighted by molar-refractivity contribution is -0.113. The first-order valence-corrected chi connectivity index (χ1v) is 5.05. The van der Waals surface area contributed by atoms with Gasteiger partial charge in [0, 0.05) is 10.1 Å². The first-order valence-electron chi connectivity index (χ1n) is 4.26. The number of hydrogen-bond donors (Lipinski definition) is 0. The van der Waals surface area contributed by atoms with Gasteiger partial charge in [-0.15, -0.1) is 0 Å². The Morgan fingerprint density at radius 2 is 2.08 bits per heavy atom. The van der Waals surface area contributed by atoms with Gasteiger partial charge in [-0.05, 0) is 25.8 Å². The van der Waals surface area contributed by atoms with Gasteiger partial charge in [0.25, 0.3) is 0 Å². The summed E-state index contributed by atoms with van der Waals surface area (Å²) in [6.07, 6.45) is 4.50. The van der Waals surface area contributed by atoms with E-state index in [4.69, 9.17) is 0 Å². The minimum Gasteiger partial charge on any atom is -0.295 e. The Bertz CT molecular complexity index is 272. The van der Waals surface area contributed by atoms with Crippen LogP contribution in [-0.4, -0.2) is 5.78 Å². The SMILES string of the molecule is C=C(Br)/C(CC)=C(\C=C/C)C(C)=O. The maximum Gasteiger partial charge on any atom is 0.160 e. The van der Waals surface area contributed by atoms with Gasteiger partial charge in [-0.2, -0.15) is 0 Å². The van der Waals surface area contributed by atoms with E-state index < -0.39 is 0 Å². The standard InChI is InChI=1S/C11H15BrO/c1-5-7-11(9(4)13)10(6-2)8(3)12/h5,7H,3,6H2,1-2,4H3/b7-5-,11-10+. The number of rotatable bonds is 4. The van der Waals surface area contributed by atoms with Crippen LogP contribution in [0.3, 0.4) is 0 Å². The minimum absolute atomic E-state index is 0.0792. The van der Waals surface area contributed by atoms with E-state index in [1.165, 1.54) is 0 Å². The van der Waals surface area contributed by atoms with E-state index in [0.29, 0.717) is 0 Å². The predicted octanol–water partition coefficient (Wildman–Crippen LogP) is 3.77. The second-order valence-electron chi connectivity index (χ2n) is 2.71. The maximum atomic E-state index is 11.3. The zero-order valence-electron chi connectivity index (χ0n) is 8.36. The van der Waals surface area contributed by atoms with Crippen molar-refractivity contribution in [3.05, 3.63) is 34.4 Å². The summed E-state index contributed by atoms with van der Waals surface area (Å²) in [6.45, 7) is 9.26. The first-order chi connectivity index (χ1) is 6.04. The number of hydrogen-bond acceptors (Lipinski definition) is 1. The van der Waals surface area contributed by atoms with Crippen molar-refractivity contribution in [1.29, 1.82) is 0 Å². The molecule has 0 aromatic heterocycles.